The molecular weight excluding hydrogens is 478 g/mol. The molecule has 11 heteroatoms. The van der Waals surface area contributed by atoms with Crippen LogP contribution in [0.3, 0.4) is 0 Å². The maximum absolute atomic E-state index is 13.5. The van der Waals surface area contributed by atoms with Crippen molar-refractivity contribution in [2.24, 2.45) is 0 Å². The Kier molecular flexibility index (Phi) is 5.93. The van der Waals surface area contributed by atoms with E-state index < -0.39 is 10.8 Å². The molecule has 0 bridgehead atoms. The predicted molar refractivity (Wildman–Crippen MR) is 135 cm³/mol. The van der Waals surface area contributed by atoms with Crippen LogP contribution in [-0.2, 0) is 13.1 Å². The molecule has 3 amide bonds. The van der Waals surface area contributed by atoms with Crippen LogP contribution in [-0.4, -0.2) is 60.7 Å². The van der Waals surface area contributed by atoms with Crippen molar-refractivity contribution >= 4 is 34.4 Å². The number of rotatable bonds is 5. The number of nitro groups is 1. The van der Waals surface area contributed by atoms with Gasteiger partial charge in [-0.15, -0.1) is 0 Å². The van der Waals surface area contributed by atoms with Crippen LogP contribution in [0.15, 0.2) is 35.1 Å². The summed E-state index contributed by atoms with van der Waals surface area (Å²) >= 11 is 0. The van der Waals surface area contributed by atoms with Gasteiger partial charge in [0.25, 0.3) is 23.4 Å². The lowest BCUT2D eigenvalue weighted by Crippen LogP contribution is -2.48. The molecular formula is C26H27N5O6. The highest BCUT2D eigenvalue weighted by Gasteiger charge is 2.41. The third kappa shape index (κ3) is 3.73. The van der Waals surface area contributed by atoms with Crippen LogP contribution in [0.2, 0.25) is 0 Å². The summed E-state index contributed by atoms with van der Waals surface area (Å²) in [4.78, 5) is 66.2. The molecule has 5 rings (SSSR count). The number of hydrogen-bond acceptors (Lipinski definition) is 6. The van der Waals surface area contributed by atoms with Crippen molar-refractivity contribution < 1.29 is 19.3 Å². The van der Waals surface area contributed by atoms with Gasteiger partial charge in [-0.25, -0.2) is 4.79 Å². The van der Waals surface area contributed by atoms with Gasteiger partial charge in [0, 0.05) is 38.3 Å². The Hall–Kier alpha value is -4.28. The summed E-state index contributed by atoms with van der Waals surface area (Å²) in [6.45, 7) is 6.62. The maximum Gasteiger partial charge on any atom is 0.329 e. The molecule has 2 aromatic carbocycles. The Morgan fingerprint density at radius 1 is 0.946 bits per heavy atom. The smallest absolute Gasteiger partial charge is 0.329 e. The van der Waals surface area contributed by atoms with Crippen LogP contribution in [0.25, 0.3) is 11.0 Å². The Labute approximate surface area is 212 Å². The number of aryl methyl sites for hydroxylation is 3. The number of benzene rings is 2. The first kappa shape index (κ1) is 24.4. The fourth-order valence-electron chi connectivity index (χ4n) is 5.49. The number of fused-ring (bicyclic) bond motifs is 2. The van der Waals surface area contributed by atoms with Crippen molar-refractivity contribution in [2.45, 2.75) is 52.7 Å². The third-order valence-corrected chi connectivity index (χ3v) is 7.39. The molecule has 0 N–H and O–H groups in total. The van der Waals surface area contributed by atoms with Gasteiger partial charge in [-0.3, -0.25) is 38.5 Å². The van der Waals surface area contributed by atoms with Crippen molar-refractivity contribution in [3.8, 4) is 0 Å². The summed E-state index contributed by atoms with van der Waals surface area (Å²) in [5, 5.41) is 11.9. The minimum absolute atomic E-state index is 0.0809. The normalized spacial score (nSPS) is 16.1. The number of nitrogens with zero attached hydrogens (tertiary/aromatic N) is 5. The molecule has 192 valence electrons. The Bertz CT molecular complexity index is 1540. The van der Waals surface area contributed by atoms with E-state index in [0.717, 1.165) is 5.56 Å². The first-order valence-corrected chi connectivity index (χ1v) is 12.4. The molecule has 0 atom stereocenters. The van der Waals surface area contributed by atoms with Gasteiger partial charge in [0.15, 0.2) is 0 Å². The van der Waals surface area contributed by atoms with E-state index in [-0.39, 0.29) is 47.9 Å². The molecule has 0 aliphatic carbocycles. The highest BCUT2D eigenvalue weighted by atomic mass is 16.6. The van der Waals surface area contributed by atoms with Crippen LogP contribution in [0, 0.1) is 17.0 Å². The zero-order chi connectivity index (χ0) is 26.6. The fraction of sp³-hybridized carbons (Fsp3) is 0.385. The fourth-order valence-corrected chi connectivity index (χ4v) is 5.49. The van der Waals surface area contributed by atoms with Gasteiger partial charge >= 0.3 is 5.69 Å². The number of likely N-dealkylation sites (tertiary alicyclic amines) is 1. The predicted octanol–water partition coefficient (Wildman–Crippen LogP) is 2.96. The van der Waals surface area contributed by atoms with Crippen molar-refractivity contribution in [1.29, 1.82) is 0 Å². The van der Waals surface area contributed by atoms with E-state index in [9.17, 15) is 29.3 Å². The number of carbonyl (C=O) groups excluding carboxylic acids is 3. The third-order valence-electron chi connectivity index (χ3n) is 7.39. The number of aromatic nitrogens is 2. The van der Waals surface area contributed by atoms with Crippen LogP contribution < -0.4 is 5.69 Å². The largest absolute Gasteiger partial charge is 0.338 e. The number of carbonyl (C=O) groups is 3. The minimum Gasteiger partial charge on any atom is -0.338 e. The molecule has 0 saturated carbocycles. The van der Waals surface area contributed by atoms with Crippen molar-refractivity contribution in [2.75, 3.05) is 13.1 Å². The van der Waals surface area contributed by atoms with Gasteiger partial charge in [0.1, 0.15) is 5.56 Å². The van der Waals surface area contributed by atoms with E-state index in [2.05, 4.69) is 0 Å². The van der Waals surface area contributed by atoms with E-state index in [4.69, 9.17) is 0 Å². The SMILES string of the molecule is CCn1c(=O)n(CC)c2cc([N+](=O)[O-])c(C(=O)N3CCC(N4C(=O)c5ccc(C)cc5C4=O)CC3)cc21. The van der Waals surface area contributed by atoms with Gasteiger partial charge in [-0.05, 0) is 51.8 Å². The van der Waals surface area contributed by atoms with Crippen LogP contribution >= 0.6 is 0 Å². The highest BCUT2D eigenvalue weighted by Crippen LogP contribution is 2.31. The monoisotopic (exact) mass is 505 g/mol. The molecule has 1 aromatic heterocycles. The molecule has 2 aliphatic heterocycles. The van der Waals surface area contributed by atoms with Crippen molar-refractivity contribution in [3.63, 3.8) is 0 Å². The zero-order valence-electron chi connectivity index (χ0n) is 20.9. The van der Waals surface area contributed by atoms with E-state index in [1.807, 2.05) is 6.92 Å². The molecule has 1 fully saturated rings. The average molecular weight is 506 g/mol. The Morgan fingerprint density at radius 2 is 1.54 bits per heavy atom. The van der Waals surface area contributed by atoms with E-state index in [1.165, 1.54) is 31.1 Å². The lowest BCUT2D eigenvalue weighted by molar-refractivity contribution is -0.385. The lowest BCUT2D eigenvalue weighted by Gasteiger charge is -2.35. The van der Waals surface area contributed by atoms with Crippen LogP contribution in [0.1, 0.15) is 63.3 Å². The maximum atomic E-state index is 13.5. The van der Waals surface area contributed by atoms with Gasteiger partial charge in [-0.1, -0.05) is 11.6 Å². The standard InChI is InChI=1S/C26H27N5O6/c1-4-28-21-13-19(20(31(36)37)14-22(21)29(5-2)26(28)35)23(32)27-10-8-16(9-11-27)30-24(33)17-7-6-15(3)12-18(17)25(30)34/h6-7,12-14,16H,4-5,8-11H2,1-3H3. The average Bonchev–Trinajstić information content (AvgIpc) is 3.30. The van der Waals surface area contributed by atoms with Crippen LogP contribution in [0.5, 0.6) is 0 Å². The number of piperidine rings is 1. The van der Waals surface area contributed by atoms with Gasteiger partial charge in [0.2, 0.25) is 0 Å². The summed E-state index contributed by atoms with van der Waals surface area (Å²) < 4.78 is 2.95. The van der Waals surface area contributed by atoms with Crippen molar-refractivity contribution in [1.82, 2.24) is 18.9 Å². The molecule has 0 unspecified atom stereocenters. The molecule has 2 aliphatic rings. The first-order chi connectivity index (χ1) is 17.7. The van der Waals surface area contributed by atoms with E-state index in [0.29, 0.717) is 48.1 Å². The Balaban J connectivity index is 1.41. The topological polar surface area (TPSA) is 128 Å². The second-order valence-corrected chi connectivity index (χ2v) is 9.44. The first-order valence-electron chi connectivity index (χ1n) is 12.4. The second kappa shape index (κ2) is 8.99. The molecule has 11 nitrogen and oxygen atoms in total. The van der Waals surface area contributed by atoms with E-state index in [1.54, 1.807) is 32.0 Å². The molecule has 37 heavy (non-hydrogen) atoms. The molecule has 1 saturated heterocycles. The summed E-state index contributed by atoms with van der Waals surface area (Å²) in [6, 6.07) is 7.55. The second-order valence-electron chi connectivity index (χ2n) is 9.44. The zero-order valence-corrected chi connectivity index (χ0v) is 20.9. The molecule has 3 aromatic rings. The van der Waals surface area contributed by atoms with Gasteiger partial charge in [-0.2, -0.15) is 0 Å². The van der Waals surface area contributed by atoms with Gasteiger partial charge < -0.3 is 4.90 Å². The van der Waals surface area contributed by atoms with Crippen molar-refractivity contribution in [3.05, 3.63) is 73.2 Å². The lowest BCUT2D eigenvalue weighted by atomic mass is 10.0. The quantitative estimate of drug-likeness (QED) is 0.298. The number of nitro benzene ring substituents is 1. The number of amides is 3. The summed E-state index contributed by atoms with van der Waals surface area (Å²) in [5.74, 6) is -1.17. The summed E-state index contributed by atoms with van der Waals surface area (Å²) in [7, 11) is 0. The number of imide groups is 1. The number of hydrogen-bond donors (Lipinski definition) is 0. The minimum atomic E-state index is -0.603. The van der Waals surface area contributed by atoms with Gasteiger partial charge in [0.05, 0.1) is 27.1 Å². The Morgan fingerprint density at radius 3 is 2.14 bits per heavy atom. The van der Waals surface area contributed by atoms with Crippen LogP contribution in [0.4, 0.5) is 5.69 Å². The molecule has 0 spiro atoms. The summed E-state index contributed by atoms with van der Waals surface area (Å²) in [6.07, 6.45) is 0.746. The highest BCUT2D eigenvalue weighted by molar-refractivity contribution is 6.21. The summed E-state index contributed by atoms with van der Waals surface area (Å²) in [5.41, 5.74) is 1.84. The molecule has 3 heterocycles. The van der Waals surface area contributed by atoms with E-state index >= 15 is 0 Å². The molecule has 0 radical (unpaired) electrons. The number of imidazole rings is 1.